The molecule has 0 saturated carbocycles. The monoisotopic (exact) mass is 144 g/mol. The summed E-state index contributed by atoms with van der Waals surface area (Å²) in [5.41, 5.74) is 0. The van der Waals surface area contributed by atoms with E-state index in [1.54, 1.807) is 0 Å². The molecule has 5 heteroatoms. The van der Waals surface area contributed by atoms with Gasteiger partial charge in [0.05, 0.1) is 6.61 Å². The Kier molecular flexibility index (Phi) is 3.17. The molecular formula is C3H7F2O2P. The van der Waals surface area contributed by atoms with Crippen molar-refractivity contribution in [3.05, 3.63) is 0 Å². The van der Waals surface area contributed by atoms with Crippen LogP contribution in [0, 0.1) is 0 Å². The van der Waals surface area contributed by atoms with Gasteiger partial charge in [0, 0.05) is 6.66 Å². The number of rotatable bonds is 3. The number of alkyl halides is 1. The predicted octanol–water partition coefficient (Wildman–Crippen LogP) is 1.76. The van der Waals surface area contributed by atoms with E-state index >= 15 is 0 Å². The summed E-state index contributed by atoms with van der Waals surface area (Å²) in [5.74, 6) is 0. The first kappa shape index (κ1) is 8.05. The van der Waals surface area contributed by atoms with Crippen molar-refractivity contribution in [1.29, 1.82) is 0 Å². The second-order valence-corrected chi connectivity index (χ2v) is 3.02. The second kappa shape index (κ2) is 3.15. The van der Waals surface area contributed by atoms with E-state index in [1.807, 2.05) is 0 Å². The highest BCUT2D eigenvalue weighted by Crippen LogP contribution is 2.43. The Morgan fingerprint density at radius 3 is 2.38 bits per heavy atom. The molecule has 0 N–H and O–H groups in total. The maximum absolute atomic E-state index is 11.7. The third kappa shape index (κ3) is 6.05. The van der Waals surface area contributed by atoms with Gasteiger partial charge in [0.2, 0.25) is 0 Å². The molecule has 2 nitrogen and oxygen atoms in total. The normalized spacial score (nSPS) is 17.9. The summed E-state index contributed by atoms with van der Waals surface area (Å²) in [5, 5.41) is 0. The van der Waals surface area contributed by atoms with E-state index in [0.29, 0.717) is 0 Å². The zero-order valence-electron chi connectivity index (χ0n) is 4.43. The van der Waals surface area contributed by atoms with E-state index in [-0.39, 0.29) is 0 Å². The molecule has 0 spiro atoms. The van der Waals surface area contributed by atoms with Crippen molar-refractivity contribution >= 4 is 7.68 Å². The van der Waals surface area contributed by atoms with Crippen molar-refractivity contribution in [2.75, 3.05) is 19.9 Å². The fourth-order valence-electron chi connectivity index (χ4n) is 0.198. The summed E-state index contributed by atoms with van der Waals surface area (Å²) in [6.45, 7) is -0.436. The maximum atomic E-state index is 11.7. The van der Waals surface area contributed by atoms with Gasteiger partial charge in [0.1, 0.15) is 6.67 Å². The Balaban J connectivity index is 3.26. The Bertz CT molecular complexity index is 99.5. The minimum absolute atomic E-state index is 0.426. The lowest BCUT2D eigenvalue weighted by Crippen LogP contribution is -1.89. The van der Waals surface area contributed by atoms with Gasteiger partial charge in [0.25, 0.3) is 0 Å². The molecular weight excluding hydrogens is 137 g/mol. The van der Waals surface area contributed by atoms with Gasteiger partial charge < -0.3 is 4.52 Å². The first-order chi connectivity index (χ1) is 3.56. The molecule has 0 radical (unpaired) electrons. The lowest BCUT2D eigenvalue weighted by molar-refractivity contribution is 0.257. The van der Waals surface area contributed by atoms with E-state index in [0.717, 1.165) is 6.66 Å². The first-order valence-electron chi connectivity index (χ1n) is 2.04. The SMILES string of the molecule is CP(=O)(F)OCCF. The summed E-state index contributed by atoms with van der Waals surface area (Å²) in [4.78, 5) is 0. The van der Waals surface area contributed by atoms with E-state index in [9.17, 15) is 13.2 Å². The van der Waals surface area contributed by atoms with Gasteiger partial charge in [-0.1, -0.05) is 0 Å². The standard InChI is InChI=1S/C3H7F2O2P/c1-8(5,6)7-3-2-4/h2-3H2,1H3. The van der Waals surface area contributed by atoms with Crippen LogP contribution in [0.15, 0.2) is 0 Å². The Morgan fingerprint density at radius 2 is 2.25 bits per heavy atom. The Labute approximate surface area is 46.4 Å². The minimum Gasteiger partial charge on any atom is -0.303 e. The summed E-state index contributed by atoms with van der Waals surface area (Å²) in [6.07, 6.45) is 0. The van der Waals surface area contributed by atoms with Crippen LogP contribution in [0.4, 0.5) is 8.59 Å². The van der Waals surface area contributed by atoms with Crippen molar-refractivity contribution in [3.8, 4) is 0 Å². The van der Waals surface area contributed by atoms with Crippen LogP contribution in [-0.4, -0.2) is 19.9 Å². The number of halogens is 2. The van der Waals surface area contributed by atoms with Crippen molar-refractivity contribution in [2.24, 2.45) is 0 Å². The van der Waals surface area contributed by atoms with Crippen LogP contribution in [0.1, 0.15) is 0 Å². The molecule has 0 aromatic rings. The van der Waals surface area contributed by atoms with E-state index < -0.39 is 21.0 Å². The van der Waals surface area contributed by atoms with Crippen LogP contribution in [0.3, 0.4) is 0 Å². The van der Waals surface area contributed by atoms with Gasteiger partial charge in [-0.2, -0.15) is 4.20 Å². The van der Waals surface area contributed by atoms with Crippen LogP contribution < -0.4 is 0 Å². The minimum atomic E-state index is -3.92. The average Bonchev–Trinajstić information content (AvgIpc) is 1.59. The molecule has 1 unspecified atom stereocenters. The molecule has 8 heavy (non-hydrogen) atoms. The first-order valence-corrected chi connectivity index (χ1v) is 4.00. The molecule has 0 fully saturated rings. The molecule has 0 amide bonds. The third-order valence-corrected chi connectivity index (χ3v) is 1.04. The van der Waals surface area contributed by atoms with Crippen LogP contribution in [0.2, 0.25) is 0 Å². The van der Waals surface area contributed by atoms with Gasteiger partial charge in [0.15, 0.2) is 0 Å². The predicted molar refractivity (Wildman–Crippen MR) is 26.6 cm³/mol. The van der Waals surface area contributed by atoms with E-state index in [2.05, 4.69) is 4.52 Å². The summed E-state index contributed by atoms with van der Waals surface area (Å²) in [7, 11) is -3.92. The molecule has 0 rings (SSSR count). The topological polar surface area (TPSA) is 26.3 Å². The molecule has 0 aliphatic rings. The van der Waals surface area contributed by atoms with Crippen molar-refractivity contribution in [2.45, 2.75) is 0 Å². The lowest BCUT2D eigenvalue weighted by Gasteiger charge is -1.99. The average molecular weight is 144 g/mol. The summed E-state index contributed by atoms with van der Waals surface area (Å²) in [6, 6.07) is 0. The number of hydrogen-bond acceptors (Lipinski definition) is 2. The van der Waals surface area contributed by atoms with Crippen molar-refractivity contribution in [3.63, 3.8) is 0 Å². The molecule has 0 aliphatic heterocycles. The Hall–Kier alpha value is 0.0500. The van der Waals surface area contributed by atoms with Crippen LogP contribution in [0.25, 0.3) is 0 Å². The maximum Gasteiger partial charge on any atom is 0.364 e. The smallest absolute Gasteiger partial charge is 0.303 e. The fraction of sp³-hybridized carbons (Fsp3) is 1.00. The van der Waals surface area contributed by atoms with Gasteiger partial charge in [-0.15, -0.1) is 0 Å². The molecule has 0 aromatic heterocycles. The van der Waals surface area contributed by atoms with Gasteiger partial charge in [-0.3, -0.25) is 4.57 Å². The van der Waals surface area contributed by atoms with Gasteiger partial charge >= 0.3 is 7.68 Å². The summed E-state index contributed by atoms with van der Waals surface area (Å²) >= 11 is 0. The highest BCUT2D eigenvalue weighted by atomic mass is 31.2. The third-order valence-electron chi connectivity index (χ3n) is 0.399. The van der Waals surface area contributed by atoms with E-state index in [1.165, 1.54) is 0 Å². The second-order valence-electron chi connectivity index (χ2n) is 1.27. The lowest BCUT2D eigenvalue weighted by atomic mass is 10.9. The van der Waals surface area contributed by atoms with Crippen LogP contribution in [0.5, 0.6) is 0 Å². The molecule has 50 valence electrons. The van der Waals surface area contributed by atoms with Gasteiger partial charge in [-0.05, 0) is 0 Å². The van der Waals surface area contributed by atoms with Crippen LogP contribution in [-0.2, 0) is 9.09 Å². The van der Waals surface area contributed by atoms with Crippen molar-refractivity contribution < 1.29 is 17.7 Å². The van der Waals surface area contributed by atoms with Crippen molar-refractivity contribution in [1.82, 2.24) is 0 Å². The molecule has 0 heterocycles. The highest BCUT2D eigenvalue weighted by molar-refractivity contribution is 7.52. The zero-order chi connectivity index (χ0) is 6.62. The summed E-state index contributed by atoms with van der Waals surface area (Å²) < 4.78 is 36.7. The largest absolute Gasteiger partial charge is 0.364 e. The highest BCUT2D eigenvalue weighted by Gasteiger charge is 2.10. The molecule has 0 aliphatic carbocycles. The fourth-order valence-corrected chi connectivity index (χ4v) is 0.593. The molecule has 0 saturated heterocycles. The quantitative estimate of drug-likeness (QED) is 0.564. The molecule has 0 bridgehead atoms. The van der Waals surface area contributed by atoms with Crippen LogP contribution >= 0.6 is 7.68 Å². The Morgan fingerprint density at radius 1 is 1.75 bits per heavy atom. The van der Waals surface area contributed by atoms with Gasteiger partial charge in [-0.25, -0.2) is 4.39 Å². The molecule has 0 aromatic carbocycles. The number of hydrogen-bond donors (Lipinski definition) is 0. The van der Waals surface area contributed by atoms with E-state index in [4.69, 9.17) is 0 Å². The molecule has 1 atom stereocenters. The zero-order valence-corrected chi connectivity index (χ0v) is 5.33.